The molecule has 0 saturated carbocycles. The molecule has 1 aromatic rings. The van der Waals surface area contributed by atoms with E-state index in [-0.39, 0.29) is 6.04 Å². The van der Waals surface area contributed by atoms with Gasteiger partial charge in [0.05, 0.1) is 14.2 Å². The zero-order valence-corrected chi connectivity index (χ0v) is 12.7. The van der Waals surface area contributed by atoms with Gasteiger partial charge in [-0.05, 0) is 57.5 Å². The van der Waals surface area contributed by atoms with E-state index in [1.54, 1.807) is 14.2 Å². The first-order chi connectivity index (χ1) is 9.74. The monoisotopic (exact) mass is 278 g/mol. The number of ether oxygens (including phenoxy) is 2. The predicted molar refractivity (Wildman–Crippen MR) is 81.6 cm³/mol. The molecule has 4 heteroatoms. The molecule has 0 amide bonds. The highest BCUT2D eigenvalue weighted by atomic mass is 16.5. The van der Waals surface area contributed by atoms with Gasteiger partial charge in [-0.2, -0.15) is 0 Å². The Bertz CT molecular complexity index is 415. The average Bonchev–Trinajstić information content (AvgIpc) is 2.75. The topological polar surface area (TPSA) is 42.5 Å². The van der Waals surface area contributed by atoms with Gasteiger partial charge in [-0.15, -0.1) is 0 Å². The quantitative estimate of drug-likeness (QED) is 0.868. The fourth-order valence-electron chi connectivity index (χ4n) is 2.81. The van der Waals surface area contributed by atoms with Gasteiger partial charge >= 0.3 is 0 Å². The van der Waals surface area contributed by atoms with Gasteiger partial charge in [0.25, 0.3) is 0 Å². The summed E-state index contributed by atoms with van der Waals surface area (Å²) in [6.45, 7) is 4.42. The Morgan fingerprint density at radius 2 is 2.05 bits per heavy atom. The number of hydrogen-bond acceptors (Lipinski definition) is 4. The molecule has 1 saturated heterocycles. The van der Waals surface area contributed by atoms with E-state index in [0.717, 1.165) is 30.2 Å². The van der Waals surface area contributed by atoms with Crippen molar-refractivity contribution in [2.45, 2.75) is 38.3 Å². The summed E-state index contributed by atoms with van der Waals surface area (Å²) in [6.07, 6.45) is 3.64. The van der Waals surface area contributed by atoms with E-state index in [2.05, 4.69) is 23.6 Å². The van der Waals surface area contributed by atoms with Crippen LogP contribution in [0.1, 0.15) is 37.8 Å². The molecule has 0 bridgehead atoms. The minimum Gasteiger partial charge on any atom is -0.497 e. The van der Waals surface area contributed by atoms with Crippen molar-refractivity contribution in [3.8, 4) is 11.5 Å². The number of rotatable bonds is 5. The highest BCUT2D eigenvalue weighted by molar-refractivity contribution is 5.42. The molecule has 4 nitrogen and oxygen atoms in total. The van der Waals surface area contributed by atoms with Crippen molar-refractivity contribution in [3.63, 3.8) is 0 Å². The number of methoxy groups -OCH3 is 2. The molecule has 112 valence electrons. The smallest absolute Gasteiger partial charge is 0.123 e. The van der Waals surface area contributed by atoms with Crippen LogP contribution in [0.4, 0.5) is 0 Å². The Morgan fingerprint density at radius 1 is 1.20 bits per heavy atom. The summed E-state index contributed by atoms with van der Waals surface area (Å²) < 4.78 is 10.8. The molecule has 0 aliphatic carbocycles. The predicted octanol–water partition coefficient (Wildman–Crippen LogP) is 2.50. The molecular weight excluding hydrogens is 252 g/mol. The van der Waals surface area contributed by atoms with Crippen LogP contribution in [-0.2, 0) is 0 Å². The van der Waals surface area contributed by atoms with E-state index in [1.807, 2.05) is 12.1 Å². The van der Waals surface area contributed by atoms with Gasteiger partial charge in [-0.3, -0.25) is 0 Å². The second kappa shape index (κ2) is 7.50. The first-order valence-electron chi connectivity index (χ1n) is 7.43. The Kier molecular flexibility index (Phi) is 5.68. The fourth-order valence-corrected chi connectivity index (χ4v) is 2.81. The number of benzene rings is 1. The largest absolute Gasteiger partial charge is 0.497 e. The Hall–Kier alpha value is -1.26. The normalized spacial score (nSPS) is 21.1. The summed E-state index contributed by atoms with van der Waals surface area (Å²) in [4.78, 5) is 0. The summed E-state index contributed by atoms with van der Waals surface area (Å²) in [5, 5.41) is 7.17. The molecular formula is C16H26N2O2. The summed E-state index contributed by atoms with van der Waals surface area (Å²) >= 11 is 0. The molecule has 1 aliphatic rings. The molecule has 1 fully saturated rings. The third-order valence-electron chi connectivity index (χ3n) is 3.96. The SMILES string of the molecule is COc1ccc(OC)c(C(C)NC2CCCNCC2)c1. The molecule has 0 radical (unpaired) electrons. The molecule has 2 N–H and O–H groups in total. The summed E-state index contributed by atoms with van der Waals surface area (Å²) in [7, 11) is 3.41. The Labute approximate surface area is 121 Å². The van der Waals surface area contributed by atoms with E-state index in [1.165, 1.54) is 19.3 Å². The molecule has 1 aliphatic heterocycles. The highest BCUT2D eigenvalue weighted by Gasteiger charge is 2.18. The van der Waals surface area contributed by atoms with Crippen molar-refractivity contribution < 1.29 is 9.47 Å². The van der Waals surface area contributed by atoms with Crippen molar-refractivity contribution in [1.82, 2.24) is 10.6 Å². The van der Waals surface area contributed by atoms with Crippen molar-refractivity contribution in [1.29, 1.82) is 0 Å². The Morgan fingerprint density at radius 3 is 2.80 bits per heavy atom. The van der Waals surface area contributed by atoms with E-state index in [9.17, 15) is 0 Å². The van der Waals surface area contributed by atoms with E-state index >= 15 is 0 Å². The second-order valence-corrected chi connectivity index (χ2v) is 5.37. The van der Waals surface area contributed by atoms with Crippen molar-refractivity contribution in [2.75, 3.05) is 27.3 Å². The lowest BCUT2D eigenvalue weighted by Crippen LogP contribution is -2.32. The average molecular weight is 278 g/mol. The lowest BCUT2D eigenvalue weighted by Gasteiger charge is -2.24. The first-order valence-corrected chi connectivity index (χ1v) is 7.43. The lowest BCUT2D eigenvalue weighted by atomic mass is 10.0. The molecule has 20 heavy (non-hydrogen) atoms. The molecule has 2 rings (SSSR count). The molecule has 1 heterocycles. The lowest BCUT2D eigenvalue weighted by molar-refractivity contribution is 0.377. The maximum atomic E-state index is 5.47. The van der Waals surface area contributed by atoms with Gasteiger partial charge in [0.2, 0.25) is 0 Å². The molecule has 1 aromatic carbocycles. The van der Waals surface area contributed by atoms with E-state index in [4.69, 9.17) is 9.47 Å². The maximum absolute atomic E-state index is 5.47. The number of nitrogens with one attached hydrogen (secondary N) is 2. The van der Waals surface area contributed by atoms with Crippen molar-refractivity contribution in [3.05, 3.63) is 23.8 Å². The standard InChI is InChI=1S/C16H26N2O2/c1-12(18-13-5-4-9-17-10-8-13)15-11-14(19-2)6-7-16(15)20-3/h6-7,11-13,17-18H,4-5,8-10H2,1-3H3. The van der Waals surface area contributed by atoms with Gasteiger partial charge in [0.15, 0.2) is 0 Å². The maximum Gasteiger partial charge on any atom is 0.123 e. The van der Waals surface area contributed by atoms with Crippen LogP contribution in [0.5, 0.6) is 11.5 Å². The molecule has 0 spiro atoms. The van der Waals surface area contributed by atoms with Crippen LogP contribution >= 0.6 is 0 Å². The zero-order chi connectivity index (χ0) is 14.4. The van der Waals surface area contributed by atoms with E-state index < -0.39 is 0 Å². The van der Waals surface area contributed by atoms with Crippen LogP contribution in [0.15, 0.2) is 18.2 Å². The molecule has 2 unspecified atom stereocenters. The Balaban J connectivity index is 2.08. The van der Waals surface area contributed by atoms with Crippen LogP contribution in [0.25, 0.3) is 0 Å². The first kappa shape index (κ1) is 15.1. The summed E-state index contributed by atoms with van der Waals surface area (Å²) in [6, 6.07) is 6.79. The fraction of sp³-hybridized carbons (Fsp3) is 0.625. The molecule has 2 atom stereocenters. The van der Waals surface area contributed by atoms with Crippen LogP contribution in [0.2, 0.25) is 0 Å². The van der Waals surface area contributed by atoms with Crippen LogP contribution in [0.3, 0.4) is 0 Å². The third-order valence-corrected chi connectivity index (χ3v) is 3.96. The second-order valence-electron chi connectivity index (χ2n) is 5.37. The van der Waals surface area contributed by atoms with Gasteiger partial charge in [0, 0.05) is 17.6 Å². The van der Waals surface area contributed by atoms with E-state index in [0.29, 0.717) is 6.04 Å². The van der Waals surface area contributed by atoms with Gasteiger partial charge < -0.3 is 20.1 Å². The van der Waals surface area contributed by atoms with Gasteiger partial charge in [0.1, 0.15) is 11.5 Å². The van der Waals surface area contributed by atoms with Crippen LogP contribution in [-0.4, -0.2) is 33.4 Å². The van der Waals surface area contributed by atoms with Gasteiger partial charge in [-0.25, -0.2) is 0 Å². The molecule has 0 aromatic heterocycles. The van der Waals surface area contributed by atoms with Gasteiger partial charge in [-0.1, -0.05) is 0 Å². The highest BCUT2D eigenvalue weighted by Crippen LogP contribution is 2.29. The van der Waals surface area contributed by atoms with Crippen LogP contribution in [0, 0.1) is 0 Å². The minimum absolute atomic E-state index is 0.253. The number of hydrogen-bond donors (Lipinski definition) is 2. The zero-order valence-electron chi connectivity index (χ0n) is 12.7. The summed E-state index contributed by atoms with van der Waals surface area (Å²) in [5.41, 5.74) is 1.16. The minimum atomic E-state index is 0.253. The van der Waals surface area contributed by atoms with Crippen molar-refractivity contribution in [2.24, 2.45) is 0 Å². The van der Waals surface area contributed by atoms with Crippen molar-refractivity contribution >= 4 is 0 Å². The van der Waals surface area contributed by atoms with Crippen LogP contribution < -0.4 is 20.1 Å². The third kappa shape index (κ3) is 3.87. The summed E-state index contributed by atoms with van der Waals surface area (Å²) in [5.74, 6) is 1.79.